The van der Waals surface area contributed by atoms with Crippen LogP contribution in [0.4, 0.5) is 10.3 Å². The number of halogens is 1. The van der Waals surface area contributed by atoms with Gasteiger partial charge in [0.05, 0.1) is 12.3 Å². The number of hydrogen-bond acceptors (Lipinski definition) is 6. The molecular formula is C27H23FN4O3. The maximum absolute atomic E-state index is 13.5. The molecule has 3 heterocycles. The molecule has 2 aromatic carbocycles. The Morgan fingerprint density at radius 3 is 2.43 bits per heavy atom. The summed E-state index contributed by atoms with van der Waals surface area (Å²) < 4.78 is 24.7. The van der Waals surface area contributed by atoms with E-state index in [1.807, 2.05) is 35.2 Å². The summed E-state index contributed by atoms with van der Waals surface area (Å²) in [5.74, 6) is 0.527. The molecule has 1 aliphatic rings. The van der Waals surface area contributed by atoms with E-state index >= 15 is 0 Å². The van der Waals surface area contributed by atoms with Gasteiger partial charge in [-0.3, -0.25) is 4.79 Å². The number of anilines is 1. The zero-order chi connectivity index (χ0) is 24.2. The zero-order valence-electron chi connectivity index (χ0n) is 18.9. The van der Waals surface area contributed by atoms with Gasteiger partial charge in [0, 0.05) is 19.0 Å². The van der Waals surface area contributed by atoms with Crippen molar-refractivity contribution in [2.45, 2.75) is 18.9 Å². The first kappa shape index (κ1) is 22.4. The Labute approximate surface area is 201 Å². The highest BCUT2D eigenvalue weighted by atomic mass is 19.1. The van der Waals surface area contributed by atoms with Crippen LogP contribution in [0, 0.1) is 23.1 Å². The lowest BCUT2D eigenvalue weighted by Crippen LogP contribution is -2.42. The molecule has 1 fully saturated rings. The molecule has 8 heteroatoms. The lowest BCUT2D eigenvalue weighted by Gasteiger charge is -2.32. The molecule has 1 amide bonds. The van der Waals surface area contributed by atoms with E-state index < -0.39 is 0 Å². The fourth-order valence-corrected chi connectivity index (χ4v) is 4.37. The summed E-state index contributed by atoms with van der Waals surface area (Å²) in [5, 5.41) is 12.7. The maximum Gasteiger partial charge on any atom is 0.266 e. The lowest BCUT2D eigenvalue weighted by atomic mass is 9.93. The number of amides is 1. The van der Waals surface area contributed by atoms with Crippen LogP contribution in [0.3, 0.4) is 0 Å². The molecular weight excluding hydrogens is 447 g/mol. The van der Waals surface area contributed by atoms with Crippen LogP contribution in [-0.2, 0) is 4.79 Å². The summed E-state index contributed by atoms with van der Waals surface area (Å²) in [6, 6.07) is 21.0. The van der Waals surface area contributed by atoms with E-state index in [0.29, 0.717) is 37.6 Å². The number of carbonyl (C=O) groups excluding carboxylic acids is 1. The minimum Gasteiger partial charge on any atom is -0.459 e. The second-order valence-electron chi connectivity index (χ2n) is 8.43. The normalized spacial score (nSPS) is 14.9. The summed E-state index contributed by atoms with van der Waals surface area (Å²) in [5.41, 5.74) is 1.93. The SMILES string of the molecule is N#Cc1nc(-c2ccco2)oc1N1CCC(C(=O)NC(c2ccccc2)c2ccc(F)cc2)CC1. The summed E-state index contributed by atoms with van der Waals surface area (Å²) in [6.07, 6.45) is 2.71. The van der Waals surface area contributed by atoms with Crippen LogP contribution >= 0.6 is 0 Å². The van der Waals surface area contributed by atoms with Gasteiger partial charge in [0.15, 0.2) is 5.76 Å². The van der Waals surface area contributed by atoms with Crippen molar-refractivity contribution in [3.05, 3.63) is 95.6 Å². The van der Waals surface area contributed by atoms with E-state index in [1.165, 1.54) is 18.4 Å². The summed E-state index contributed by atoms with van der Waals surface area (Å²) >= 11 is 0. The summed E-state index contributed by atoms with van der Waals surface area (Å²) in [4.78, 5) is 19.4. The standard InChI is InChI=1S/C27H23FN4O3/c28-21-10-8-19(9-11-21)24(18-5-2-1-3-6-18)31-25(33)20-12-14-32(15-13-20)27-22(17-29)30-26(35-27)23-7-4-16-34-23/h1-11,16,20,24H,12-15H2,(H,31,33). The van der Waals surface area contributed by atoms with Gasteiger partial charge in [-0.25, -0.2) is 4.39 Å². The van der Waals surface area contributed by atoms with Gasteiger partial charge in [0.1, 0.15) is 11.9 Å². The number of nitrogens with one attached hydrogen (secondary N) is 1. The van der Waals surface area contributed by atoms with Crippen LogP contribution in [0.25, 0.3) is 11.7 Å². The average molecular weight is 471 g/mol. The predicted molar refractivity (Wildman–Crippen MR) is 127 cm³/mol. The monoisotopic (exact) mass is 470 g/mol. The minimum absolute atomic E-state index is 0.0582. The molecule has 0 aliphatic carbocycles. The molecule has 176 valence electrons. The molecule has 35 heavy (non-hydrogen) atoms. The van der Waals surface area contributed by atoms with Crippen LogP contribution in [-0.4, -0.2) is 24.0 Å². The third-order valence-electron chi connectivity index (χ3n) is 6.22. The van der Waals surface area contributed by atoms with Crippen LogP contribution in [0.15, 0.2) is 81.8 Å². The highest BCUT2D eigenvalue weighted by Gasteiger charge is 2.30. The first-order valence-electron chi connectivity index (χ1n) is 11.4. The zero-order valence-corrected chi connectivity index (χ0v) is 18.9. The van der Waals surface area contributed by atoms with Crippen molar-refractivity contribution in [2.24, 2.45) is 5.92 Å². The maximum atomic E-state index is 13.5. The Morgan fingerprint density at radius 1 is 1.06 bits per heavy atom. The van der Waals surface area contributed by atoms with Gasteiger partial charge in [0.25, 0.3) is 5.89 Å². The van der Waals surface area contributed by atoms with Gasteiger partial charge in [-0.2, -0.15) is 10.2 Å². The van der Waals surface area contributed by atoms with Crippen molar-refractivity contribution in [1.29, 1.82) is 5.26 Å². The van der Waals surface area contributed by atoms with Gasteiger partial charge < -0.3 is 19.1 Å². The predicted octanol–water partition coefficient (Wildman–Crippen LogP) is 5.07. The van der Waals surface area contributed by atoms with E-state index in [-0.39, 0.29) is 35.3 Å². The van der Waals surface area contributed by atoms with Crippen LogP contribution < -0.4 is 10.2 Å². The number of hydrogen-bond donors (Lipinski definition) is 1. The number of furan rings is 1. The molecule has 1 aliphatic heterocycles. The van der Waals surface area contributed by atoms with Crippen molar-refractivity contribution < 1.29 is 18.0 Å². The molecule has 0 saturated carbocycles. The smallest absolute Gasteiger partial charge is 0.266 e. The Bertz CT molecular complexity index is 1320. The van der Waals surface area contributed by atoms with E-state index in [2.05, 4.69) is 16.4 Å². The van der Waals surface area contributed by atoms with Crippen LogP contribution in [0.1, 0.15) is 35.7 Å². The third kappa shape index (κ3) is 4.80. The van der Waals surface area contributed by atoms with Gasteiger partial charge in [-0.05, 0) is 48.2 Å². The van der Waals surface area contributed by atoms with Gasteiger partial charge in [-0.15, -0.1) is 0 Å². The number of nitrogens with zero attached hydrogens (tertiary/aromatic N) is 3. The second-order valence-corrected chi connectivity index (χ2v) is 8.43. The highest BCUT2D eigenvalue weighted by molar-refractivity contribution is 5.80. The Balaban J connectivity index is 1.28. The number of rotatable bonds is 6. The molecule has 5 rings (SSSR count). The van der Waals surface area contributed by atoms with Crippen molar-refractivity contribution in [1.82, 2.24) is 10.3 Å². The fourth-order valence-electron chi connectivity index (χ4n) is 4.37. The van der Waals surface area contributed by atoms with Crippen molar-refractivity contribution in [3.63, 3.8) is 0 Å². The molecule has 4 aromatic rings. The highest BCUT2D eigenvalue weighted by Crippen LogP contribution is 2.32. The summed E-state index contributed by atoms with van der Waals surface area (Å²) in [7, 11) is 0. The number of nitriles is 1. The lowest BCUT2D eigenvalue weighted by molar-refractivity contribution is -0.126. The van der Waals surface area contributed by atoms with E-state index in [0.717, 1.165) is 11.1 Å². The average Bonchev–Trinajstić information content (AvgIpc) is 3.59. The number of aromatic nitrogens is 1. The molecule has 1 saturated heterocycles. The Kier molecular flexibility index (Phi) is 6.31. The van der Waals surface area contributed by atoms with Crippen molar-refractivity contribution in [2.75, 3.05) is 18.0 Å². The second kappa shape index (κ2) is 9.85. The largest absolute Gasteiger partial charge is 0.459 e. The van der Waals surface area contributed by atoms with Crippen LogP contribution in [0.2, 0.25) is 0 Å². The Morgan fingerprint density at radius 2 is 1.77 bits per heavy atom. The van der Waals surface area contributed by atoms with Crippen LogP contribution in [0.5, 0.6) is 0 Å². The molecule has 1 N–H and O–H groups in total. The number of carbonyl (C=O) groups is 1. The topological polar surface area (TPSA) is 95.3 Å². The van der Waals surface area contributed by atoms with E-state index in [4.69, 9.17) is 8.83 Å². The van der Waals surface area contributed by atoms with Crippen molar-refractivity contribution >= 4 is 11.8 Å². The minimum atomic E-state index is -0.377. The summed E-state index contributed by atoms with van der Waals surface area (Å²) in [6.45, 7) is 1.10. The number of piperidine rings is 1. The molecule has 0 radical (unpaired) electrons. The van der Waals surface area contributed by atoms with E-state index in [9.17, 15) is 14.4 Å². The fraction of sp³-hybridized carbons (Fsp3) is 0.222. The number of oxazole rings is 1. The van der Waals surface area contributed by atoms with E-state index in [1.54, 1.807) is 24.3 Å². The molecule has 1 atom stereocenters. The molecule has 2 aromatic heterocycles. The van der Waals surface area contributed by atoms with Gasteiger partial charge >= 0.3 is 0 Å². The van der Waals surface area contributed by atoms with Gasteiger partial charge in [-0.1, -0.05) is 42.5 Å². The third-order valence-corrected chi connectivity index (χ3v) is 6.22. The molecule has 0 bridgehead atoms. The Hall–Kier alpha value is -4.38. The van der Waals surface area contributed by atoms with Crippen molar-refractivity contribution in [3.8, 4) is 17.7 Å². The first-order valence-corrected chi connectivity index (χ1v) is 11.4. The molecule has 1 unspecified atom stereocenters. The quantitative estimate of drug-likeness (QED) is 0.423. The van der Waals surface area contributed by atoms with Gasteiger partial charge in [0.2, 0.25) is 17.5 Å². The molecule has 7 nitrogen and oxygen atoms in total. The first-order chi connectivity index (χ1) is 17.1. The number of benzene rings is 2. The molecule has 0 spiro atoms.